The molecule has 0 atom stereocenters. The highest BCUT2D eigenvalue weighted by Crippen LogP contribution is 2.42. The summed E-state index contributed by atoms with van der Waals surface area (Å²) in [5, 5.41) is 11.7. The summed E-state index contributed by atoms with van der Waals surface area (Å²) in [5.41, 5.74) is 3.89. The van der Waals surface area contributed by atoms with Crippen LogP contribution in [0.5, 0.6) is 0 Å². The van der Waals surface area contributed by atoms with Crippen molar-refractivity contribution in [3.8, 4) is 22.5 Å². The molecule has 0 spiro atoms. The summed E-state index contributed by atoms with van der Waals surface area (Å²) in [6.07, 6.45) is 0.446. The number of fused-ring (bicyclic) bond motifs is 2. The number of carbonyl (C=O) groups is 3. The number of carbonyl (C=O) groups excluding carboxylic acids is 2. The van der Waals surface area contributed by atoms with Gasteiger partial charge in [-0.25, -0.2) is 9.37 Å². The fraction of sp³-hybridized carbons (Fsp3) is 0.312. The molecule has 2 aromatic carbocycles. The molecule has 0 aromatic heterocycles. The van der Waals surface area contributed by atoms with Gasteiger partial charge < -0.3 is 19.2 Å². The van der Waals surface area contributed by atoms with Crippen LogP contribution < -0.4 is 14.8 Å². The summed E-state index contributed by atoms with van der Waals surface area (Å²) >= 11 is 0. The molecule has 2 aromatic rings. The van der Waals surface area contributed by atoms with Gasteiger partial charge in [0.2, 0.25) is 5.36 Å². The van der Waals surface area contributed by atoms with Crippen LogP contribution >= 0.6 is 0 Å². The predicted octanol–water partition coefficient (Wildman–Crippen LogP) is 5.06. The Morgan fingerprint density at radius 1 is 0.975 bits per heavy atom. The predicted molar refractivity (Wildman–Crippen MR) is 156 cm³/mol. The van der Waals surface area contributed by atoms with Gasteiger partial charge in [-0.05, 0) is 50.6 Å². The third-order valence-electron chi connectivity index (χ3n) is 7.01. The molecule has 8 nitrogen and oxygen atoms in total. The molecular formula is C32H35N2O6+. The van der Waals surface area contributed by atoms with Gasteiger partial charge in [0.25, 0.3) is 0 Å². The second kappa shape index (κ2) is 12.6. The third kappa shape index (κ3) is 6.22. The Kier molecular flexibility index (Phi) is 8.99. The van der Waals surface area contributed by atoms with E-state index in [-0.39, 0.29) is 23.9 Å². The molecular weight excluding hydrogens is 508 g/mol. The van der Waals surface area contributed by atoms with Crippen molar-refractivity contribution in [2.75, 3.05) is 37.7 Å². The number of Topliss-reactive ketones (excluding diaryl/α,β-unsaturated/α-hetero) is 1. The fourth-order valence-electron chi connectivity index (χ4n) is 4.97. The molecule has 0 fully saturated rings. The van der Waals surface area contributed by atoms with Crippen LogP contribution in [0, 0.1) is 0 Å². The lowest BCUT2D eigenvalue weighted by molar-refractivity contribution is -0.140. The van der Waals surface area contributed by atoms with Gasteiger partial charge in [0.15, 0.2) is 0 Å². The number of hydrogen-bond donors (Lipinski definition) is 1. The first-order valence-corrected chi connectivity index (χ1v) is 13.5. The maximum Gasteiger partial charge on any atom is 0.336 e. The number of ether oxygens (including phenoxy) is 1. The summed E-state index contributed by atoms with van der Waals surface area (Å²) in [6, 6.07) is 18.8. The highest BCUT2D eigenvalue weighted by molar-refractivity contribution is 6.07. The van der Waals surface area contributed by atoms with E-state index >= 15 is 0 Å². The first-order chi connectivity index (χ1) is 19.2. The lowest BCUT2D eigenvalue weighted by Gasteiger charge is -2.24. The number of esters is 1. The smallest absolute Gasteiger partial charge is 0.336 e. The van der Waals surface area contributed by atoms with Gasteiger partial charge in [-0.3, -0.25) is 9.59 Å². The summed E-state index contributed by atoms with van der Waals surface area (Å²) in [7, 11) is 0. The topological polar surface area (TPSA) is 100 Å². The minimum atomic E-state index is -1.00. The number of carboxylic acids is 1. The Morgan fingerprint density at radius 2 is 1.75 bits per heavy atom. The van der Waals surface area contributed by atoms with Gasteiger partial charge >= 0.3 is 11.9 Å². The Labute approximate surface area is 233 Å². The van der Waals surface area contributed by atoms with Crippen LogP contribution in [0.25, 0.3) is 33.4 Å². The van der Waals surface area contributed by atoms with Gasteiger partial charge in [-0.15, -0.1) is 0 Å². The molecule has 1 heterocycles. The largest absolute Gasteiger partial charge is 0.478 e. The molecule has 1 aliphatic heterocycles. The standard InChI is InChI=1S/C32H34N2O6/c1-5-33(16-15-21(3)35)23-11-13-27-29(19-23)40-30-20-24(34(6-2)17-18-39-22(4)36)12-14-28(30)31(27)25-9-7-8-10-26(25)32(37)38/h7-14,19-20H,5-6,15-18H2,1-4H3/p+1. The van der Waals surface area contributed by atoms with Gasteiger partial charge in [0.05, 0.1) is 24.6 Å². The number of aromatic carboxylic acids is 1. The highest BCUT2D eigenvalue weighted by Gasteiger charge is 2.23. The fourth-order valence-corrected chi connectivity index (χ4v) is 4.97. The molecule has 0 saturated carbocycles. The minimum absolute atomic E-state index is 0.129. The van der Waals surface area contributed by atoms with Crippen LogP contribution in [0.15, 0.2) is 65.1 Å². The molecule has 0 saturated heterocycles. The van der Waals surface area contributed by atoms with Crippen molar-refractivity contribution in [2.24, 2.45) is 0 Å². The van der Waals surface area contributed by atoms with Crippen molar-refractivity contribution in [3.63, 3.8) is 0 Å². The van der Waals surface area contributed by atoms with Crippen molar-refractivity contribution >= 4 is 34.4 Å². The van der Waals surface area contributed by atoms with Crippen LogP contribution in [0.2, 0.25) is 0 Å². The highest BCUT2D eigenvalue weighted by atomic mass is 16.5. The van der Waals surface area contributed by atoms with Gasteiger partial charge in [-0.2, -0.15) is 0 Å². The summed E-state index contributed by atoms with van der Waals surface area (Å²) in [5.74, 6) is -0.585. The lowest BCUT2D eigenvalue weighted by Crippen LogP contribution is -2.31. The van der Waals surface area contributed by atoms with Gasteiger partial charge in [0, 0.05) is 47.8 Å². The lowest BCUT2D eigenvalue weighted by atomic mass is 9.90. The monoisotopic (exact) mass is 543 g/mol. The van der Waals surface area contributed by atoms with Crippen LogP contribution in [-0.4, -0.2) is 55.6 Å². The molecule has 0 radical (unpaired) electrons. The number of hydrogen-bond acceptors (Lipinski definition) is 6. The molecule has 0 unspecified atom stereocenters. The van der Waals surface area contributed by atoms with E-state index in [0.717, 1.165) is 34.1 Å². The molecule has 4 rings (SSSR count). The van der Waals surface area contributed by atoms with Crippen molar-refractivity contribution in [1.82, 2.24) is 4.58 Å². The number of likely N-dealkylation sites (N-methyl/N-ethyl adjacent to an activating group) is 1. The van der Waals surface area contributed by atoms with E-state index in [1.165, 1.54) is 6.92 Å². The van der Waals surface area contributed by atoms with E-state index in [2.05, 4.69) is 9.48 Å². The van der Waals surface area contributed by atoms with Crippen LogP contribution in [0.1, 0.15) is 44.5 Å². The second-order valence-electron chi connectivity index (χ2n) is 9.64. The summed E-state index contributed by atoms with van der Waals surface area (Å²) in [6.45, 7) is 9.84. The normalized spacial score (nSPS) is 11.9. The zero-order valence-corrected chi connectivity index (χ0v) is 23.4. The van der Waals surface area contributed by atoms with Gasteiger partial charge in [0.1, 0.15) is 36.8 Å². The van der Waals surface area contributed by atoms with Crippen molar-refractivity contribution in [3.05, 3.63) is 71.6 Å². The van der Waals surface area contributed by atoms with Crippen LogP contribution in [0.3, 0.4) is 0 Å². The number of anilines is 1. The van der Waals surface area contributed by atoms with Crippen LogP contribution in [-0.2, 0) is 14.3 Å². The second-order valence-corrected chi connectivity index (χ2v) is 9.64. The van der Waals surface area contributed by atoms with E-state index in [1.54, 1.807) is 19.1 Å². The Hall–Kier alpha value is -4.46. The van der Waals surface area contributed by atoms with Crippen molar-refractivity contribution in [1.29, 1.82) is 0 Å². The quantitative estimate of drug-likeness (QED) is 0.160. The van der Waals surface area contributed by atoms with Crippen molar-refractivity contribution in [2.45, 2.75) is 34.1 Å². The maximum atomic E-state index is 12.2. The molecule has 0 amide bonds. The number of ketones is 1. The van der Waals surface area contributed by atoms with Crippen molar-refractivity contribution < 1.29 is 28.6 Å². The maximum absolute atomic E-state index is 12.2. The van der Waals surface area contributed by atoms with E-state index < -0.39 is 5.97 Å². The minimum Gasteiger partial charge on any atom is -0.478 e. The average molecular weight is 544 g/mol. The molecule has 40 heavy (non-hydrogen) atoms. The Bertz CT molecular complexity index is 1600. The average Bonchev–Trinajstić information content (AvgIpc) is 2.93. The van der Waals surface area contributed by atoms with E-state index in [9.17, 15) is 19.5 Å². The zero-order valence-electron chi connectivity index (χ0n) is 23.4. The van der Waals surface area contributed by atoms with Gasteiger partial charge in [-0.1, -0.05) is 18.2 Å². The Balaban J connectivity index is 1.97. The number of rotatable bonds is 11. The van der Waals surface area contributed by atoms with E-state index in [4.69, 9.17) is 9.15 Å². The van der Waals surface area contributed by atoms with E-state index in [1.807, 2.05) is 62.4 Å². The summed E-state index contributed by atoms with van der Waals surface area (Å²) < 4.78 is 13.8. The first-order valence-electron chi connectivity index (χ1n) is 13.5. The molecule has 0 bridgehead atoms. The molecule has 1 aliphatic carbocycles. The number of carboxylic acid groups (broad SMARTS) is 1. The molecule has 8 heteroatoms. The Morgan fingerprint density at radius 3 is 2.42 bits per heavy atom. The summed E-state index contributed by atoms with van der Waals surface area (Å²) in [4.78, 5) is 37.2. The molecule has 1 N–H and O–H groups in total. The number of benzene rings is 3. The third-order valence-corrected chi connectivity index (χ3v) is 7.01. The SMILES string of the molecule is CCN(CCOC(C)=O)c1ccc2c(-c3ccccc3C(=O)O)c3ccc(=[N+](CC)CCC(C)=O)cc-3oc2c1. The number of nitrogens with zero attached hydrogens (tertiary/aromatic N) is 2. The zero-order chi connectivity index (χ0) is 28.8. The first kappa shape index (κ1) is 28.5. The molecule has 208 valence electrons. The van der Waals surface area contributed by atoms with Crippen LogP contribution in [0.4, 0.5) is 5.69 Å². The van der Waals surface area contributed by atoms with E-state index in [0.29, 0.717) is 43.0 Å². The molecule has 2 aliphatic rings.